The molecule has 0 aromatic heterocycles. The Morgan fingerprint density at radius 2 is 2.25 bits per heavy atom. The van der Waals surface area contributed by atoms with E-state index in [0.29, 0.717) is 6.54 Å². The number of carbonyl (C=O) groups excluding carboxylic acids is 1. The predicted molar refractivity (Wildman–Crippen MR) is 79.3 cm³/mol. The van der Waals surface area contributed by atoms with E-state index in [-0.39, 0.29) is 25.1 Å². The van der Waals surface area contributed by atoms with Gasteiger partial charge in [0.2, 0.25) is 0 Å². The third-order valence-corrected chi connectivity index (χ3v) is 4.63. The molecule has 2 unspecified atom stereocenters. The van der Waals surface area contributed by atoms with E-state index in [1.807, 2.05) is 0 Å². The number of alkyl carbamates (subject to hydrolysis) is 1. The largest absolute Gasteiger partial charge is 0.446 e. The lowest BCUT2D eigenvalue weighted by Gasteiger charge is -2.40. The molecule has 3 aliphatic heterocycles. The van der Waals surface area contributed by atoms with E-state index in [4.69, 9.17) is 16.2 Å². The number of rotatable bonds is 3. The predicted octanol–water partition coefficient (Wildman–Crippen LogP) is -6.85. The lowest BCUT2D eigenvalue weighted by molar-refractivity contribution is -0.674. The Bertz CT molecular complexity index is 621. The lowest BCUT2D eigenvalue weighted by atomic mass is 9.86. The van der Waals surface area contributed by atoms with Crippen LogP contribution in [0.4, 0.5) is 4.79 Å². The molecule has 12 heteroatoms. The molecule has 1 fully saturated rings. The van der Waals surface area contributed by atoms with E-state index in [0.717, 1.165) is 0 Å². The van der Waals surface area contributed by atoms with Gasteiger partial charge in [0.05, 0.1) is 0 Å². The second-order valence-corrected chi connectivity index (χ2v) is 6.04. The summed E-state index contributed by atoms with van der Waals surface area (Å²) in [6.07, 6.45) is -2.09. The molecule has 0 aliphatic carbocycles. The fraction of sp³-hybridized carbons (Fsp3) is 0.750. The van der Waals surface area contributed by atoms with Crippen LogP contribution in [-0.4, -0.2) is 87.2 Å². The van der Waals surface area contributed by atoms with Crippen molar-refractivity contribution < 1.29 is 34.4 Å². The summed E-state index contributed by atoms with van der Waals surface area (Å²) in [5.74, 6) is -2.35. The molecule has 1 amide bonds. The number of aliphatic hydroxyl groups excluding tert-OH is 1. The summed E-state index contributed by atoms with van der Waals surface area (Å²) in [5, 5.41) is 39.3. The van der Waals surface area contributed by atoms with E-state index in [9.17, 15) is 20.1 Å². The van der Waals surface area contributed by atoms with E-state index in [2.05, 4.69) is 20.9 Å². The lowest BCUT2D eigenvalue weighted by Crippen LogP contribution is -2.91. The minimum atomic E-state index is -2.54. The van der Waals surface area contributed by atoms with Gasteiger partial charge in [0.15, 0.2) is 6.04 Å². The first-order valence-corrected chi connectivity index (χ1v) is 7.61. The molecule has 11 N–H and O–H groups in total. The number of guanidine groups is 2. The van der Waals surface area contributed by atoms with E-state index in [1.165, 1.54) is 4.58 Å². The highest BCUT2D eigenvalue weighted by molar-refractivity contribution is 5.78. The standard InChI is InChI=1S/C12H21N7O5/c1-2-15-10(21)24-4-5-7-11(18-8(13)17-7)12(22,23)6(20)3-19(11)9(14)16-5/h5-7,20,22-23H,2-4H2,1H3,(H6,13,14,15,16,17,18,21)/p+2/t5-,6+,7?,11?/m0/s1. The van der Waals surface area contributed by atoms with Crippen LogP contribution >= 0.6 is 0 Å². The molecule has 0 bridgehead atoms. The van der Waals surface area contributed by atoms with Gasteiger partial charge in [0.1, 0.15) is 25.3 Å². The summed E-state index contributed by atoms with van der Waals surface area (Å²) >= 11 is 0. The van der Waals surface area contributed by atoms with Crippen LogP contribution in [0, 0.1) is 0 Å². The van der Waals surface area contributed by atoms with Crippen molar-refractivity contribution in [3.8, 4) is 0 Å². The monoisotopic (exact) mass is 345 g/mol. The number of hydrogen-bond acceptors (Lipinski definition) is 9. The van der Waals surface area contributed by atoms with Gasteiger partial charge in [-0.2, -0.15) is 0 Å². The summed E-state index contributed by atoms with van der Waals surface area (Å²) in [7, 11) is 0. The van der Waals surface area contributed by atoms with E-state index in [1.54, 1.807) is 6.92 Å². The van der Waals surface area contributed by atoms with Crippen molar-refractivity contribution in [3.63, 3.8) is 0 Å². The van der Waals surface area contributed by atoms with Crippen molar-refractivity contribution in [2.24, 2.45) is 11.5 Å². The number of aliphatic hydroxyl groups is 3. The van der Waals surface area contributed by atoms with Crippen LogP contribution in [0.15, 0.2) is 0 Å². The molecule has 24 heavy (non-hydrogen) atoms. The van der Waals surface area contributed by atoms with Gasteiger partial charge in [-0.3, -0.25) is 21.8 Å². The average molecular weight is 345 g/mol. The summed E-state index contributed by atoms with van der Waals surface area (Å²) in [6.45, 7) is 1.94. The number of ether oxygens (including phenoxy) is 1. The van der Waals surface area contributed by atoms with Gasteiger partial charge in [-0.1, -0.05) is 0 Å². The topological polar surface area (TPSA) is 192 Å². The minimum absolute atomic E-state index is 0.0890. The number of amides is 1. The van der Waals surface area contributed by atoms with E-state index < -0.39 is 35.7 Å². The average Bonchev–Trinajstić information content (AvgIpc) is 2.95. The quantitative estimate of drug-likeness (QED) is 0.177. The van der Waals surface area contributed by atoms with Crippen LogP contribution in [0.3, 0.4) is 0 Å². The number of nitrogens with zero attached hydrogens (tertiary/aromatic N) is 1. The zero-order valence-electron chi connectivity index (χ0n) is 13.1. The number of hydrogen-bond donors (Lipinski definition) is 9. The molecule has 0 radical (unpaired) electrons. The van der Waals surface area contributed by atoms with Crippen molar-refractivity contribution in [1.29, 1.82) is 0 Å². The van der Waals surface area contributed by atoms with Crippen LogP contribution in [0.5, 0.6) is 0 Å². The van der Waals surface area contributed by atoms with E-state index >= 15 is 0 Å². The first kappa shape index (κ1) is 16.5. The highest BCUT2D eigenvalue weighted by Gasteiger charge is 2.77. The molecule has 3 rings (SSSR count). The van der Waals surface area contributed by atoms with Gasteiger partial charge in [0.25, 0.3) is 11.4 Å². The third kappa shape index (κ3) is 2.07. The molecule has 0 aromatic carbocycles. The normalized spacial score (nSPS) is 36.2. The van der Waals surface area contributed by atoms with Gasteiger partial charge < -0.3 is 25.4 Å². The molecule has 134 valence electrons. The Morgan fingerprint density at radius 1 is 1.54 bits per heavy atom. The van der Waals surface area contributed by atoms with Crippen molar-refractivity contribution in [2.75, 3.05) is 19.7 Å². The minimum Gasteiger partial charge on any atom is -0.446 e. The molecule has 0 saturated carbocycles. The van der Waals surface area contributed by atoms with Gasteiger partial charge >= 0.3 is 18.0 Å². The fourth-order valence-corrected chi connectivity index (χ4v) is 3.57. The van der Waals surface area contributed by atoms with Crippen LogP contribution in [0.1, 0.15) is 6.92 Å². The first-order valence-electron chi connectivity index (χ1n) is 7.61. The molecule has 3 heterocycles. The summed E-state index contributed by atoms with van der Waals surface area (Å²) in [4.78, 5) is 14.4. The van der Waals surface area contributed by atoms with Crippen LogP contribution in [0.2, 0.25) is 0 Å². The summed E-state index contributed by atoms with van der Waals surface area (Å²) < 4.78 is 6.51. The van der Waals surface area contributed by atoms with Crippen molar-refractivity contribution in [3.05, 3.63) is 0 Å². The Kier molecular flexibility index (Phi) is 3.69. The van der Waals surface area contributed by atoms with Crippen molar-refractivity contribution in [1.82, 2.24) is 16.0 Å². The molecular formula is C12H23N7O5+2. The van der Waals surface area contributed by atoms with Crippen molar-refractivity contribution >= 4 is 18.0 Å². The molecule has 1 saturated heterocycles. The molecule has 1 spiro atoms. The SMILES string of the molecule is CCNC(=O)OC[C@@H]1NC(N)=[N+]2C[C@@H](O)C(O)(O)C23NC(N)=[NH+]C13. The molecule has 4 atom stereocenters. The number of carbonyl (C=O) groups is 1. The Hall–Kier alpha value is -2.31. The van der Waals surface area contributed by atoms with Gasteiger partial charge in [-0.25, -0.2) is 14.7 Å². The number of nitrogens with two attached hydrogens (primary N) is 2. The smallest absolute Gasteiger partial charge is 0.407 e. The fourth-order valence-electron chi connectivity index (χ4n) is 3.57. The van der Waals surface area contributed by atoms with Gasteiger partial charge in [-0.15, -0.1) is 0 Å². The maximum absolute atomic E-state index is 11.5. The molecule has 12 nitrogen and oxygen atoms in total. The van der Waals surface area contributed by atoms with Crippen LogP contribution in [-0.2, 0) is 4.74 Å². The second-order valence-electron chi connectivity index (χ2n) is 6.04. The summed E-state index contributed by atoms with van der Waals surface area (Å²) in [6, 6.07) is -1.37. The maximum Gasteiger partial charge on any atom is 0.407 e. The van der Waals surface area contributed by atoms with Crippen LogP contribution < -0.4 is 32.4 Å². The molecule has 3 aliphatic rings. The molecule has 0 aromatic rings. The van der Waals surface area contributed by atoms with Crippen molar-refractivity contribution in [2.45, 2.75) is 36.6 Å². The second kappa shape index (κ2) is 5.36. The Balaban J connectivity index is 1.93. The van der Waals surface area contributed by atoms with Gasteiger partial charge in [0, 0.05) is 6.54 Å². The summed E-state index contributed by atoms with van der Waals surface area (Å²) in [5.41, 5.74) is 10.2. The Labute approximate surface area is 137 Å². The van der Waals surface area contributed by atoms with Gasteiger partial charge in [-0.05, 0) is 6.92 Å². The number of nitrogens with one attached hydrogen (secondary N) is 4. The highest BCUT2D eigenvalue weighted by Crippen LogP contribution is 2.37. The molecular weight excluding hydrogens is 322 g/mol. The maximum atomic E-state index is 11.5. The first-order chi connectivity index (χ1) is 11.2. The Morgan fingerprint density at radius 3 is 2.92 bits per heavy atom. The third-order valence-electron chi connectivity index (χ3n) is 4.63. The highest BCUT2D eigenvalue weighted by atomic mass is 16.6. The van der Waals surface area contributed by atoms with Crippen LogP contribution in [0.25, 0.3) is 0 Å². The zero-order chi connectivity index (χ0) is 17.7. The zero-order valence-corrected chi connectivity index (χ0v) is 13.1.